The van der Waals surface area contributed by atoms with Gasteiger partial charge in [-0.2, -0.15) is 8.42 Å². The Bertz CT molecular complexity index is 247. The molecule has 0 bridgehead atoms. The summed E-state index contributed by atoms with van der Waals surface area (Å²) in [6, 6.07) is 0. The normalized spacial score (nSPS) is 13.2. The quantitative estimate of drug-likeness (QED) is 0.493. The highest BCUT2D eigenvalue weighted by molar-refractivity contribution is 7.85. The van der Waals surface area contributed by atoms with E-state index in [0.29, 0.717) is 12.8 Å². The Labute approximate surface area is 95.8 Å². The van der Waals surface area contributed by atoms with Crippen molar-refractivity contribution in [3.63, 3.8) is 0 Å². The zero-order chi connectivity index (χ0) is 11.7. The molecule has 0 radical (unpaired) electrons. The van der Waals surface area contributed by atoms with Crippen LogP contribution in [0.5, 0.6) is 0 Å². The first-order valence-corrected chi connectivity index (χ1v) is 6.72. The van der Waals surface area contributed by atoms with E-state index in [-0.39, 0.29) is 19.2 Å². The Balaban J connectivity index is 0. The van der Waals surface area contributed by atoms with Gasteiger partial charge >= 0.3 is 0 Å². The molecule has 0 amide bonds. The smallest absolute Gasteiger partial charge is 0.267 e. The third-order valence-corrected chi connectivity index (χ3v) is 2.83. The van der Waals surface area contributed by atoms with Crippen molar-refractivity contribution in [3.8, 4) is 0 Å². The maximum atomic E-state index is 12.9. The van der Waals surface area contributed by atoms with Crippen molar-refractivity contribution in [2.24, 2.45) is 0 Å². The van der Waals surface area contributed by atoms with E-state index in [1.54, 1.807) is 0 Å². The van der Waals surface area contributed by atoms with Gasteiger partial charge in [-0.3, -0.25) is 8.94 Å². The molecule has 0 rings (SSSR count). The zero-order valence-electron chi connectivity index (χ0n) is 9.37. The number of rotatable bonds is 9. The number of halogens is 2. The summed E-state index contributed by atoms with van der Waals surface area (Å²) in [5.41, 5.74) is 0. The molecule has 0 aromatic carbocycles. The average molecular weight is 261 g/mol. The van der Waals surface area contributed by atoms with Crippen LogP contribution in [-0.4, -0.2) is 31.6 Å². The molecule has 0 aromatic rings. The second-order valence-electron chi connectivity index (χ2n) is 3.59. The second kappa shape index (κ2) is 9.92. The lowest BCUT2D eigenvalue weighted by molar-refractivity contribution is 0.323. The molecule has 1 unspecified atom stereocenters. The van der Waals surface area contributed by atoms with Gasteiger partial charge in [-0.05, 0) is 12.8 Å². The van der Waals surface area contributed by atoms with Crippen LogP contribution in [0.3, 0.4) is 0 Å². The van der Waals surface area contributed by atoms with E-state index in [1.807, 2.05) is 0 Å². The molecule has 0 fully saturated rings. The zero-order valence-corrected chi connectivity index (χ0v) is 10.2. The minimum atomic E-state index is -4.20. The fourth-order valence-corrected chi connectivity index (χ4v) is 1.93. The number of alkyl halides is 2. The van der Waals surface area contributed by atoms with Crippen LogP contribution in [0, 0.1) is 0 Å². The topological polar surface area (TPSA) is 89.4 Å². The van der Waals surface area contributed by atoms with Crippen LogP contribution >= 0.6 is 0 Å². The predicted molar refractivity (Wildman–Crippen MR) is 60.0 cm³/mol. The molecule has 7 heteroatoms. The number of unbranched alkanes of at least 4 members (excludes halogenated alkanes) is 4. The Hall–Kier alpha value is -0.270. The van der Waals surface area contributed by atoms with E-state index in [0.717, 1.165) is 19.3 Å². The minimum absolute atomic E-state index is 0. The second-order valence-corrected chi connectivity index (χ2v) is 5.09. The van der Waals surface area contributed by atoms with E-state index in [1.165, 1.54) is 0 Å². The SMILES string of the molecule is N.O=S(=O)(O)CC(F)CCCCCCCF. The lowest BCUT2D eigenvalue weighted by Gasteiger charge is -2.05. The molecule has 0 saturated heterocycles. The third kappa shape index (κ3) is 13.7. The van der Waals surface area contributed by atoms with Crippen molar-refractivity contribution >= 4 is 10.1 Å². The van der Waals surface area contributed by atoms with Crippen molar-refractivity contribution in [1.82, 2.24) is 6.15 Å². The summed E-state index contributed by atoms with van der Waals surface area (Å²) in [4.78, 5) is 0. The number of hydrogen-bond donors (Lipinski definition) is 2. The third-order valence-electron chi connectivity index (χ3n) is 2.04. The number of hydrogen-bond acceptors (Lipinski definition) is 3. The first-order chi connectivity index (χ1) is 6.95. The Morgan fingerprint density at radius 2 is 1.56 bits per heavy atom. The standard InChI is InChI=1S/C9H18F2O3S.H3N/c10-7-5-3-1-2-4-6-9(11)8-15(12,13)14;/h9H,1-8H2,(H,12,13,14);1H3. The predicted octanol–water partition coefficient (Wildman–Crippen LogP) is 2.68. The van der Waals surface area contributed by atoms with Crippen LogP contribution in [0.25, 0.3) is 0 Å². The van der Waals surface area contributed by atoms with Gasteiger partial charge in [0.05, 0.1) is 6.67 Å². The van der Waals surface area contributed by atoms with Crippen LogP contribution in [-0.2, 0) is 10.1 Å². The highest BCUT2D eigenvalue weighted by Crippen LogP contribution is 2.10. The monoisotopic (exact) mass is 261 g/mol. The van der Waals surface area contributed by atoms with Crippen LogP contribution in [0.2, 0.25) is 0 Å². The van der Waals surface area contributed by atoms with Crippen molar-refractivity contribution in [1.29, 1.82) is 0 Å². The van der Waals surface area contributed by atoms with E-state index < -0.39 is 22.0 Å². The van der Waals surface area contributed by atoms with Gasteiger partial charge in [0.15, 0.2) is 0 Å². The van der Waals surface area contributed by atoms with Crippen LogP contribution in [0.1, 0.15) is 38.5 Å². The highest BCUT2D eigenvalue weighted by atomic mass is 32.2. The van der Waals surface area contributed by atoms with Crippen LogP contribution in [0.15, 0.2) is 0 Å². The highest BCUT2D eigenvalue weighted by Gasteiger charge is 2.14. The van der Waals surface area contributed by atoms with Crippen molar-refractivity contribution in [3.05, 3.63) is 0 Å². The summed E-state index contributed by atoms with van der Waals surface area (Å²) in [6.45, 7) is -0.325. The molecule has 16 heavy (non-hydrogen) atoms. The summed E-state index contributed by atoms with van der Waals surface area (Å²) in [6.07, 6.45) is 2.13. The van der Waals surface area contributed by atoms with Gasteiger partial charge in [-0.25, -0.2) is 4.39 Å². The molecular formula is C9H21F2NO3S. The van der Waals surface area contributed by atoms with Crippen molar-refractivity contribution in [2.75, 3.05) is 12.4 Å². The summed E-state index contributed by atoms with van der Waals surface area (Å²) < 4.78 is 53.5. The lowest BCUT2D eigenvalue weighted by atomic mass is 10.1. The molecule has 0 saturated carbocycles. The summed E-state index contributed by atoms with van der Waals surface area (Å²) in [7, 11) is -4.20. The molecule has 0 heterocycles. The molecule has 100 valence electrons. The maximum Gasteiger partial charge on any atom is 0.267 e. The van der Waals surface area contributed by atoms with Gasteiger partial charge in [-0.15, -0.1) is 0 Å². The average Bonchev–Trinajstić information content (AvgIpc) is 2.08. The largest absolute Gasteiger partial charge is 0.344 e. The Morgan fingerprint density at radius 1 is 1.06 bits per heavy atom. The van der Waals surface area contributed by atoms with Crippen LogP contribution < -0.4 is 6.15 Å². The Kier molecular flexibility index (Phi) is 11.2. The molecule has 4 N–H and O–H groups in total. The molecule has 0 spiro atoms. The van der Waals surface area contributed by atoms with E-state index >= 15 is 0 Å². The van der Waals surface area contributed by atoms with Gasteiger partial charge in [-0.1, -0.05) is 25.7 Å². The van der Waals surface area contributed by atoms with Gasteiger partial charge in [0.1, 0.15) is 11.9 Å². The van der Waals surface area contributed by atoms with Gasteiger partial charge < -0.3 is 6.15 Å². The van der Waals surface area contributed by atoms with E-state index in [4.69, 9.17) is 4.55 Å². The summed E-state index contributed by atoms with van der Waals surface area (Å²) in [5.74, 6) is -0.822. The fourth-order valence-electron chi connectivity index (χ4n) is 1.30. The molecule has 1 atom stereocenters. The van der Waals surface area contributed by atoms with Crippen molar-refractivity contribution in [2.45, 2.75) is 44.7 Å². The molecule has 0 aliphatic rings. The van der Waals surface area contributed by atoms with E-state index in [9.17, 15) is 17.2 Å². The summed E-state index contributed by atoms with van der Waals surface area (Å²) >= 11 is 0. The van der Waals surface area contributed by atoms with Gasteiger partial charge in [0, 0.05) is 0 Å². The first kappa shape index (κ1) is 18.1. The molecular weight excluding hydrogens is 240 g/mol. The fraction of sp³-hybridized carbons (Fsp3) is 1.00. The van der Waals surface area contributed by atoms with Crippen LogP contribution in [0.4, 0.5) is 8.78 Å². The summed E-state index contributed by atoms with van der Waals surface area (Å²) in [5, 5.41) is 0. The molecule has 0 aromatic heterocycles. The van der Waals surface area contributed by atoms with Gasteiger partial charge in [0.25, 0.3) is 10.1 Å². The van der Waals surface area contributed by atoms with Crippen molar-refractivity contribution < 1.29 is 21.8 Å². The van der Waals surface area contributed by atoms with Gasteiger partial charge in [0.2, 0.25) is 0 Å². The minimum Gasteiger partial charge on any atom is -0.344 e. The van der Waals surface area contributed by atoms with E-state index in [2.05, 4.69) is 0 Å². The first-order valence-electron chi connectivity index (χ1n) is 5.11. The molecule has 0 aliphatic carbocycles. The Morgan fingerprint density at radius 3 is 2.06 bits per heavy atom. The lowest BCUT2D eigenvalue weighted by Crippen LogP contribution is -2.16. The molecule has 0 aliphatic heterocycles. The molecule has 4 nitrogen and oxygen atoms in total. The maximum absolute atomic E-state index is 12.9.